The summed E-state index contributed by atoms with van der Waals surface area (Å²) in [6.45, 7) is 4.23. The van der Waals surface area contributed by atoms with Gasteiger partial charge in [-0.25, -0.2) is 0 Å². The van der Waals surface area contributed by atoms with Gasteiger partial charge < -0.3 is 5.73 Å². The van der Waals surface area contributed by atoms with Crippen LogP contribution in [0.25, 0.3) is 10.8 Å². The first-order chi connectivity index (χ1) is 8.79. The van der Waals surface area contributed by atoms with Crippen LogP contribution in [-0.4, -0.2) is 13.0 Å². The quantitative estimate of drug-likeness (QED) is 0.668. The lowest BCUT2D eigenvalue weighted by Crippen LogP contribution is -2.04. The number of nitrogen functional groups attached to an aromatic ring is 1. The Morgan fingerprint density at radius 1 is 1.21 bits per heavy atom. The minimum absolute atomic E-state index is 0.102. The molecular weight excluding hydrogens is 262 g/mol. The lowest BCUT2D eigenvalue weighted by atomic mass is 9.99. The molecule has 0 aliphatic rings. The van der Waals surface area contributed by atoms with E-state index in [0.29, 0.717) is 11.3 Å². The number of benzene rings is 2. The minimum Gasteiger partial charge on any atom is -0.397 e. The van der Waals surface area contributed by atoms with Crippen LogP contribution in [0, 0.1) is 5.92 Å². The molecule has 102 valence electrons. The lowest BCUT2D eigenvalue weighted by molar-refractivity contribution is 0.484. The van der Waals surface area contributed by atoms with Gasteiger partial charge in [-0.3, -0.25) is 4.55 Å². The van der Waals surface area contributed by atoms with Crippen molar-refractivity contribution in [3.05, 3.63) is 35.9 Å². The largest absolute Gasteiger partial charge is 0.397 e. The van der Waals surface area contributed by atoms with E-state index in [1.165, 1.54) is 6.07 Å². The Bertz CT molecular complexity index is 721. The molecule has 0 aliphatic carbocycles. The number of hydrogen-bond acceptors (Lipinski definition) is 3. The molecule has 0 fully saturated rings. The van der Waals surface area contributed by atoms with Gasteiger partial charge in [-0.05, 0) is 35.4 Å². The Morgan fingerprint density at radius 2 is 1.84 bits per heavy atom. The second-order valence-corrected chi connectivity index (χ2v) is 6.50. The van der Waals surface area contributed by atoms with Gasteiger partial charge in [0, 0.05) is 5.39 Å². The SMILES string of the molecule is CC(C)Cc1ccc2ccc(S(=O)(=O)O)c(N)c2c1. The standard InChI is InChI=1S/C14H17NO3S/c1-9(2)7-10-3-4-11-5-6-13(19(16,17)18)14(15)12(11)8-10/h3-6,8-9H,7,15H2,1-2H3,(H,16,17,18). The van der Waals surface area contributed by atoms with Crippen molar-refractivity contribution in [3.8, 4) is 0 Å². The van der Waals surface area contributed by atoms with E-state index in [0.717, 1.165) is 17.4 Å². The van der Waals surface area contributed by atoms with E-state index in [2.05, 4.69) is 13.8 Å². The topological polar surface area (TPSA) is 80.4 Å². The van der Waals surface area contributed by atoms with Crippen LogP contribution in [0.2, 0.25) is 0 Å². The summed E-state index contributed by atoms with van der Waals surface area (Å²) in [7, 11) is -4.29. The van der Waals surface area contributed by atoms with Crippen molar-refractivity contribution in [3.63, 3.8) is 0 Å². The van der Waals surface area contributed by atoms with Crippen molar-refractivity contribution >= 4 is 26.6 Å². The molecule has 0 heterocycles. The fourth-order valence-corrected chi connectivity index (χ4v) is 2.82. The van der Waals surface area contributed by atoms with Gasteiger partial charge in [-0.1, -0.05) is 32.0 Å². The number of rotatable bonds is 3. The first kappa shape index (κ1) is 13.8. The Balaban J connectivity index is 2.66. The summed E-state index contributed by atoms with van der Waals surface area (Å²) in [5.74, 6) is 0.503. The van der Waals surface area contributed by atoms with E-state index in [9.17, 15) is 8.42 Å². The van der Waals surface area contributed by atoms with Gasteiger partial charge in [0.25, 0.3) is 10.1 Å². The van der Waals surface area contributed by atoms with Crippen LogP contribution < -0.4 is 5.73 Å². The van der Waals surface area contributed by atoms with Crippen LogP contribution in [0.5, 0.6) is 0 Å². The van der Waals surface area contributed by atoms with Crippen LogP contribution in [0.15, 0.2) is 35.2 Å². The fourth-order valence-electron chi connectivity index (χ4n) is 2.19. The Labute approximate surface area is 113 Å². The Kier molecular flexibility index (Phi) is 3.52. The Morgan fingerprint density at radius 3 is 2.42 bits per heavy atom. The summed E-state index contributed by atoms with van der Waals surface area (Å²) in [6.07, 6.45) is 0.894. The molecule has 0 radical (unpaired) electrons. The van der Waals surface area contributed by atoms with Gasteiger partial charge in [0.05, 0.1) is 5.69 Å². The first-order valence-corrected chi connectivity index (χ1v) is 7.51. The van der Waals surface area contributed by atoms with E-state index in [-0.39, 0.29) is 10.6 Å². The van der Waals surface area contributed by atoms with Gasteiger partial charge in [0.2, 0.25) is 0 Å². The maximum absolute atomic E-state index is 11.2. The van der Waals surface area contributed by atoms with Crippen LogP contribution in [0.1, 0.15) is 19.4 Å². The fraction of sp³-hybridized carbons (Fsp3) is 0.286. The van der Waals surface area contributed by atoms with Crippen molar-refractivity contribution in [2.24, 2.45) is 5.92 Å². The zero-order valence-electron chi connectivity index (χ0n) is 10.9. The molecule has 0 spiro atoms. The molecule has 0 bridgehead atoms. The molecule has 0 amide bonds. The Hall–Kier alpha value is -1.59. The van der Waals surface area contributed by atoms with Gasteiger partial charge in [-0.15, -0.1) is 0 Å². The van der Waals surface area contributed by atoms with Crippen LogP contribution in [0.4, 0.5) is 5.69 Å². The highest BCUT2D eigenvalue weighted by Crippen LogP contribution is 2.29. The molecule has 0 saturated carbocycles. The number of fused-ring (bicyclic) bond motifs is 1. The molecule has 2 aromatic carbocycles. The molecule has 2 rings (SSSR count). The lowest BCUT2D eigenvalue weighted by Gasteiger charge is -2.10. The first-order valence-electron chi connectivity index (χ1n) is 6.07. The molecule has 2 aromatic rings. The molecule has 0 aliphatic heterocycles. The van der Waals surface area contributed by atoms with E-state index in [1.54, 1.807) is 6.07 Å². The molecule has 0 aromatic heterocycles. The summed E-state index contributed by atoms with van der Waals surface area (Å²) in [6, 6.07) is 8.79. The van der Waals surface area contributed by atoms with E-state index < -0.39 is 10.1 Å². The van der Waals surface area contributed by atoms with Gasteiger partial charge in [-0.2, -0.15) is 8.42 Å². The third-order valence-electron chi connectivity index (χ3n) is 3.01. The van der Waals surface area contributed by atoms with E-state index in [1.807, 2.05) is 18.2 Å². The summed E-state index contributed by atoms with van der Waals surface area (Å²) in [5.41, 5.74) is 7.07. The zero-order chi connectivity index (χ0) is 14.2. The second kappa shape index (κ2) is 4.83. The third kappa shape index (κ3) is 2.88. The van der Waals surface area contributed by atoms with E-state index in [4.69, 9.17) is 10.3 Å². The highest BCUT2D eigenvalue weighted by atomic mass is 32.2. The highest BCUT2D eigenvalue weighted by molar-refractivity contribution is 7.86. The summed E-state index contributed by atoms with van der Waals surface area (Å²) in [4.78, 5) is -0.235. The third-order valence-corrected chi connectivity index (χ3v) is 3.92. The second-order valence-electron chi connectivity index (χ2n) is 5.11. The van der Waals surface area contributed by atoms with Crippen molar-refractivity contribution in [1.82, 2.24) is 0 Å². The molecular formula is C14H17NO3S. The molecule has 3 N–H and O–H groups in total. The summed E-state index contributed by atoms with van der Waals surface area (Å²) >= 11 is 0. The molecule has 0 saturated heterocycles. The number of nitrogens with two attached hydrogens (primary N) is 1. The maximum atomic E-state index is 11.2. The normalized spacial score (nSPS) is 12.2. The number of hydrogen-bond donors (Lipinski definition) is 2. The smallest absolute Gasteiger partial charge is 0.296 e. The predicted octanol–water partition coefficient (Wildman–Crippen LogP) is 2.87. The molecule has 19 heavy (non-hydrogen) atoms. The van der Waals surface area contributed by atoms with Gasteiger partial charge in [0.15, 0.2) is 0 Å². The minimum atomic E-state index is -4.29. The van der Waals surface area contributed by atoms with Crippen molar-refractivity contribution in [2.45, 2.75) is 25.2 Å². The molecule has 0 atom stereocenters. The molecule has 0 unspecified atom stereocenters. The van der Waals surface area contributed by atoms with E-state index >= 15 is 0 Å². The van der Waals surface area contributed by atoms with Crippen LogP contribution in [-0.2, 0) is 16.5 Å². The van der Waals surface area contributed by atoms with Crippen LogP contribution in [0.3, 0.4) is 0 Å². The average Bonchev–Trinajstić information content (AvgIpc) is 2.27. The van der Waals surface area contributed by atoms with Gasteiger partial charge >= 0.3 is 0 Å². The average molecular weight is 279 g/mol. The van der Waals surface area contributed by atoms with Crippen molar-refractivity contribution in [2.75, 3.05) is 5.73 Å². The zero-order valence-corrected chi connectivity index (χ0v) is 11.7. The maximum Gasteiger partial charge on any atom is 0.296 e. The summed E-state index contributed by atoms with van der Waals surface area (Å²) in [5, 5.41) is 1.52. The van der Waals surface area contributed by atoms with Crippen molar-refractivity contribution < 1.29 is 13.0 Å². The number of anilines is 1. The summed E-state index contributed by atoms with van der Waals surface area (Å²) < 4.78 is 31.6. The monoisotopic (exact) mass is 279 g/mol. The van der Waals surface area contributed by atoms with Gasteiger partial charge in [0.1, 0.15) is 4.90 Å². The molecule has 4 nitrogen and oxygen atoms in total. The highest BCUT2D eigenvalue weighted by Gasteiger charge is 2.16. The van der Waals surface area contributed by atoms with Crippen molar-refractivity contribution in [1.29, 1.82) is 0 Å². The predicted molar refractivity (Wildman–Crippen MR) is 76.7 cm³/mol. The molecule has 5 heteroatoms. The van der Waals surface area contributed by atoms with Crippen LogP contribution >= 0.6 is 0 Å².